The number of nitrogens with zero attached hydrogens (tertiary/aromatic N) is 2. The summed E-state index contributed by atoms with van der Waals surface area (Å²) in [5.41, 5.74) is 0.275. The fourth-order valence-corrected chi connectivity index (χ4v) is 2.23. The van der Waals surface area contributed by atoms with Crippen molar-refractivity contribution in [1.29, 1.82) is 0 Å². The molecule has 0 aromatic carbocycles. The van der Waals surface area contributed by atoms with Gasteiger partial charge in [-0.3, -0.25) is 9.97 Å². The summed E-state index contributed by atoms with van der Waals surface area (Å²) in [7, 11) is 0. The minimum atomic E-state index is -2.19. The van der Waals surface area contributed by atoms with E-state index < -0.39 is 11.6 Å². The van der Waals surface area contributed by atoms with E-state index in [0.717, 1.165) is 0 Å². The van der Waals surface area contributed by atoms with Crippen LogP contribution in [-0.2, 0) is 21.0 Å². The Kier molecular flexibility index (Phi) is 5.20. The molecule has 2 heterocycles. The van der Waals surface area contributed by atoms with Crippen molar-refractivity contribution in [2.75, 3.05) is 13.2 Å². The maximum absolute atomic E-state index is 11.1. The van der Waals surface area contributed by atoms with Gasteiger partial charge in [0.1, 0.15) is 11.4 Å². The maximum Gasteiger partial charge on any atom is 0.272 e. The maximum atomic E-state index is 11.1. The van der Waals surface area contributed by atoms with Crippen molar-refractivity contribution in [3.8, 4) is 0 Å². The third kappa shape index (κ3) is 2.86. The first-order valence-electron chi connectivity index (χ1n) is 7.14. The van der Waals surface area contributed by atoms with Gasteiger partial charge in [-0.05, 0) is 38.1 Å². The van der Waals surface area contributed by atoms with E-state index in [-0.39, 0.29) is 24.6 Å². The molecular formula is C16H20N2O4. The topological polar surface area (TPSA) is 84.7 Å². The van der Waals surface area contributed by atoms with E-state index in [9.17, 15) is 10.2 Å². The highest BCUT2D eigenvalue weighted by atomic mass is 16.7. The molecule has 22 heavy (non-hydrogen) atoms. The molecule has 0 aliphatic heterocycles. The van der Waals surface area contributed by atoms with Crippen LogP contribution in [0.25, 0.3) is 0 Å². The van der Waals surface area contributed by atoms with E-state index in [1.54, 1.807) is 50.2 Å². The van der Waals surface area contributed by atoms with Crippen LogP contribution in [0.2, 0.25) is 0 Å². The Labute approximate surface area is 129 Å². The molecule has 2 aromatic heterocycles. The SMILES string of the molecule is CCO[C@](O)(c1ccccn1)[C@](O)(OCC)c1ccccn1. The Balaban J connectivity index is 2.60. The van der Waals surface area contributed by atoms with Gasteiger partial charge in [0.15, 0.2) is 0 Å². The first kappa shape index (κ1) is 16.5. The van der Waals surface area contributed by atoms with Crippen molar-refractivity contribution in [2.45, 2.75) is 25.4 Å². The molecule has 0 spiro atoms. The minimum Gasteiger partial charge on any atom is -0.356 e. The molecule has 0 aliphatic rings. The predicted octanol–water partition coefficient (Wildman–Crippen LogP) is 1.54. The molecule has 0 amide bonds. The molecule has 0 fully saturated rings. The van der Waals surface area contributed by atoms with Gasteiger partial charge < -0.3 is 19.7 Å². The van der Waals surface area contributed by atoms with Gasteiger partial charge in [-0.2, -0.15) is 0 Å². The Morgan fingerprint density at radius 3 is 1.50 bits per heavy atom. The van der Waals surface area contributed by atoms with Gasteiger partial charge in [-0.1, -0.05) is 12.1 Å². The summed E-state index contributed by atoms with van der Waals surface area (Å²) >= 11 is 0. The average molecular weight is 304 g/mol. The van der Waals surface area contributed by atoms with Crippen LogP contribution in [0.15, 0.2) is 48.8 Å². The molecule has 0 aliphatic carbocycles. The van der Waals surface area contributed by atoms with Crippen LogP contribution in [0.1, 0.15) is 25.2 Å². The molecule has 0 unspecified atom stereocenters. The lowest BCUT2D eigenvalue weighted by atomic mass is 9.97. The minimum absolute atomic E-state index is 0.137. The number of aliphatic hydroxyl groups is 2. The molecule has 118 valence electrons. The van der Waals surface area contributed by atoms with Crippen molar-refractivity contribution in [2.24, 2.45) is 0 Å². The third-order valence-electron chi connectivity index (χ3n) is 3.19. The first-order chi connectivity index (χ1) is 10.6. The summed E-state index contributed by atoms with van der Waals surface area (Å²) in [6, 6.07) is 9.91. The Morgan fingerprint density at radius 1 is 0.818 bits per heavy atom. The van der Waals surface area contributed by atoms with Crippen LogP contribution >= 0.6 is 0 Å². The van der Waals surface area contributed by atoms with E-state index in [0.29, 0.717) is 0 Å². The fraction of sp³-hybridized carbons (Fsp3) is 0.375. The summed E-state index contributed by atoms with van der Waals surface area (Å²) in [5, 5.41) is 22.2. The monoisotopic (exact) mass is 304 g/mol. The second-order valence-electron chi connectivity index (χ2n) is 4.58. The van der Waals surface area contributed by atoms with Crippen molar-refractivity contribution >= 4 is 0 Å². The van der Waals surface area contributed by atoms with Crippen LogP contribution < -0.4 is 0 Å². The molecule has 2 atom stereocenters. The van der Waals surface area contributed by atoms with Gasteiger partial charge >= 0.3 is 0 Å². The summed E-state index contributed by atoms with van der Waals surface area (Å²) in [4.78, 5) is 8.20. The van der Waals surface area contributed by atoms with E-state index in [1.807, 2.05) is 0 Å². The molecular weight excluding hydrogens is 284 g/mol. The van der Waals surface area contributed by atoms with E-state index >= 15 is 0 Å². The lowest BCUT2D eigenvalue weighted by molar-refractivity contribution is -0.405. The average Bonchev–Trinajstić information content (AvgIpc) is 2.56. The number of hydrogen-bond donors (Lipinski definition) is 2. The standard InChI is InChI=1S/C16H20N2O4/c1-3-21-15(19,13-9-5-7-11-17-13)16(20,22-4-2)14-10-6-8-12-18-14/h5-12,19-20H,3-4H2,1-2H3/t15-,16-/m1/s1. The molecule has 2 rings (SSSR count). The molecule has 0 radical (unpaired) electrons. The van der Waals surface area contributed by atoms with Crippen LogP contribution in [-0.4, -0.2) is 33.4 Å². The summed E-state index contributed by atoms with van der Waals surface area (Å²) in [5.74, 6) is -4.37. The zero-order valence-corrected chi connectivity index (χ0v) is 12.6. The Hall–Kier alpha value is -1.86. The molecule has 6 nitrogen and oxygen atoms in total. The molecule has 0 saturated carbocycles. The predicted molar refractivity (Wildman–Crippen MR) is 79.5 cm³/mol. The lowest BCUT2D eigenvalue weighted by Gasteiger charge is -2.40. The molecule has 0 bridgehead atoms. The van der Waals surface area contributed by atoms with E-state index in [1.165, 1.54) is 12.4 Å². The van der Waals surface area contributed by atoms with E-state index in [2.05, 4.69) is 9.97 Å². The van der Waals surface area contributed by atoms with Crippen molar-refractivity contribution in [1.82, 2.24) is 9.97 Å². The van der Waals surface area contributed by atoms with Crippen LogP contribution in [0.3, 0.4) is 0 Å². The molecule has 2 N–H and O–H groups in total. The zero-order chi connectivity index (χ0) is 16.1. The number of aromatic nitrogens is 2. The van der Waals surface area contributed by atoms with Crippen molar-refractivity contribution < 1.29 is 19.7 Å². The van der Waals surface area contributed by atoms with Gasteiger partial charge in [-0.25, -0.2) is 0 Å². The number of rotatable bonds is 7. The smallest absolute Gasteiger partial charge is 0.272 e. The van der Waals surface area contributed by atoms with Gasteiger partial charge in [0.25, 0.3) is 11.6 Å². The summed E-state index contributed by atoms with van der Waals surface area (Å²) in [6.45, 7) is 3.71. The lowest BCUT2D eigenvalue weighted by Crippen LogP contribution is -2.54. The van der Waals surface area contributed by atoms with E-state index in [4.69, 9.17) is 9.47 Å². The van der Waals surface area contributed by atoms with Crippen molar-refractivity contribution in [3.63, 3.8) is 0 Å². The highest BCUT2D eigenvalue weighted by Crippen LogP contribution is 2.41. The number of hydrogen-bond acceptors (Lipinski definition) is 6. The molecule has 0 saturated heterocycles. The first-order valence-corrected chi connectivity index (χ1v) is 7.14. The third-order valence-corrected chi connectivity index (χ3v) is 3.19. The number of ether oxygens (including phenoxy) is 2. The second kappa shape index (κ2) is 6.93. The van der Waals surface area contributed by atoms with Gasteiger partial charge in [0.05, 0.1) is 0 Å². The fourth-order valence-electron chi connectivity index (χ4n) is 2.23. The second-order valence-corrected chi connectivity index (χ2v) is 4.58. The quantitative estimate of drug-likeness (QED) is 0.755. The van der Waals surface area contributed by atoms with Gasteiger partial charge in [-0.15, -0.1) is 0 Å². The Bertz CT molecular complexity index is 528. The highest BCUT2D eigenvalue weighted by Gasteiger charge is 2.56. The largest absolute Gasteiger partial charge is 0.356 e. The van der Waals surface area contributed by atoms with Crippen LogP contribution in [0, 0.1) is 0 Å². The van der Waals surface area contributed by atoms with Crippen molar-refractivity contribution in [3.05, 3.63) is 60.2 Å². The van der Waals surface area contributed by atoms with Gasteiger partial charge in [0.2, 0.25) is 0 Å². The number of pyridine rings is 2. The zero-order valence-electron chi connectivity index (χ0n) is 12.6. The summed E-state index contributed by atoms with van der Waals surface area (Å²) < 4.78 is 10.9. The summed E-state index contributed by atoms with van der Waals surface area (Å²) in [6.07, 6.45) is 3.01. The normalized spacial score (nSPS) is 16.7. The molecule has 2 aromatic rings. The van der Waals surface area contributed by atoms with Crippen LogP contribution in [0.5, 0.6) is 0 Å². The van der Waals surface area contributed by atoms with Crippen LogP contribution in [0.4, 0.5) is 0 Å². The highest BCUT2D eigenvalue weighted by molar-refractivity contribution is 5.21. The Morgan fingerprint density at radius 2 is 1.23 bits per heavy atom. The molecule has 6 heteroatoms. The van der Waals surface area contributed by atoms with Gasteiger partial charge in [0, 0.05) is 25.6 Å².